The number of carbonyl (C=O) groups is 1. The van der Waals surface area contributed by atoms with Crippen LogP contribution in [-0.4, -0.2) is 52.9 Å². The number of carboxylic acid groups (broad SMARTS) is 1. The van der Waals surface area contributed by atoms with Crippen LogP contribution in [0.1, 0.15) is 28.9 Å². The molecule has 110 valence electrons. The van der Waals surface area contributed by atoms with Crippen molar-refractivity contribution in [1.29, 1.82) is 0 Å². The summed E-state index contributed by atoms with van der Waals surface area (Å²) in [6.45, 7) is 4.25. The molecule has 0 aliphatic carbocycles. The molecule has 3 heterocycles. The molecule has 2 aliphatic heterocycles. The van der Waals surface area contributed by atoms with Gasteiger partial charge in [-0.05, 0) is 13.3 Å². The van der Waals surface area contributed by atoms with Gasteiger partial charge in [0.2, 0.25) is 0 Å². The molecule has 2 fully saturated rings. The van der Waals surface area contributed by atoms with Gasteiger partial charge >= 0.3 is 5.97 Å². The number of piperidine rings is 1. The Morgan fingerprint density at radius 1 is 1.40 bits per heavy atom. The Labute approximate surface area is 117 Å². The first-order chi connectivity index (χ1) is 9.52. The topological polar surface area (TPSA) is 76.8 Å². The van der Waals surface area contributed by atoms with E-state index >= 15 is 0 Å². The molecule has 0 atom stereocenters. The second-order valence-corrected chi connectivity index (χ2v) is 5.35. The van der Waals surface area contributed by atoms with E-state index in [0.29, 0.717) is 31.3 Å². The molecule has 1 aromatic rings. The van der Waals surface area contributed by atoms with Crippen LogP contribution in [0.2, 0.25) is 0 Å². The number of rotatable bonds is 2. The lowest BCUT2D eigenvalue weighted by molar-refractivity contribution is -0.161. The third kappa shape index (κ3) is 2.06. The molecule has 7 heteroatoms. The Morgan fingerprint density at radius 3 is 2.75 bits per heavy atom. The Balaban J connectivity index is 1.94. The largest absolute Gasteiger partial charge is 0.477 e. The number of aromatic carboxylic acids is 1. The van der Waals surface area contributed by atoms with Crippen LogP contribution in [0.4, 0.5) is 5.82 Å². The molecular weight excluding hydrogens is 262 g/mol. The number of aromatic nitrogens is 2. The fourth-order valence-electron chi connectivity index (χ4n) is 3.16. The van der Waals surface area contributed by atoms with Crippen LogP contribution in [0.5, 0.6) is 0 Å². The van der Waals surface area contributed by atoms with Crippen molar-refractivity contribution in [3.8, 4) is 0 Å². The summed E-state index contributed by atoms with van der Waals surface area (Å²) in [6.07, 6.45) is 1.76. The van der Waals surface area contributed by atoms with Gasteiger partial charge in [-0.2, -0.15) is 5.10 Å². The highest BCUT2D eigenvalue weighted by atomic mass is 16.7. The average Bonchev–Trinajstić information content (AvgIpc) is 2.94. The Hall–Kier alpha value is -1.60. The van der Waals surface area contributed by atoms with Crippen molar-refractivity contribution in [2.45, 2.75) is 25.6 Å². The normalized spacial score (nSPS) is 21.6. The van der Waals surface area contributed by atoms with Crippen molar-refractivity contribution in [1.82, 2.24) is 9.78 Å². The first kappa shape index (κ1) is 13.4. The standard InChI is InChI=1S/C13H19N3O4/c1-9-10(12(17)18)11(15(2)14-9)16-5-3-4-13(8-16)19-6-7-20-13/h3-8H2,1-2H3,(H,17,18). The zero-order valence-corrected chi connectivity index (χ0v) is 11.8. The van der Waals surface area contributed by atoms with Crippen LogP contribution in [0.25, 0.3) is 0 Å². The SMILES string of the molecule is Cc1nn(C)c(N2CCCC3(C2)OCCO3)c1C(=O)O. The van der Waals surface area contributed by atoms with E-state index in [2.05, 4.69) is 5.10 Å². The maximum atomic E-state index is 11.5. The third-order valence-corrected chi connectivity index (χ3v) is 3.94. The van der Waals surface area contributed by atoms with E-state index in [-0.39, 0.29) is 5.56 Å². The number of anilines is 1. The van der Waals surface area contributed by atoms with E-state index in [0.717, 1.165) is 19.4 Å². The van der Waals surface area contributed by atoms with Crippen molar-refractivity contribution in [3.05, 3.63) is 11.3 Å². The molecule has 0 aromatic carbocycles. The van der Waals surface area contributed by atoms with E-state index in [1.807, 2.05) is 4.90 Å². The first-order valence-electron chi connectivity index (χ1n) is 6.82. The van der Waals surface area contributed by atoms with Gasteiger partial charge in [-0.3, -0.25) is 4.68 Å². The molecule has 7 nitrogen and oxygen atoms in total. The monoisotopic (exact) mass is 281 g/mol. The lowest BCUT2D eigenvalue weighted by Gasteiger charge is -2.39. The van der Waals surface area contributed by atoms with Gasteiger partial charge in [-0.1, -0.05) is 0 Å². The Kier molecular flexibility index (Phi) is 3.18. The molecule has 0 bridgehead atoms. The van der Waals surface area contributed by atoms with Gasteiger partial charge in [0.1, 0.15) is 11.4 Å². The van der Waals surface area contributed by atoms with E-state index in [1.54, 1.807) is 18.7 Å². The smallest absolute Gasteiger partial charge is 0.341 e. The van der Waals surface area contributed by atoms with Crippen LogP contribution in [-0.2, 0) is 16.5 Å². The van der Waals surface area contributed by atoms with Crippen molar-refractivity contribution in [2.24, 2.45) is 7.05 Å². The highest BCUT2D eigenvalue weighted by Crippen LogP contribution is 2.34. The minimum Gasteiger partial charge on any atom is -0.477 e. The summed E-state index contributed by atoms with van der Waals surface area (Å²) < 4.78 is 13.1. The van der Waals surface area contributed by atoms with Crippen molar-refractivity contribution < 1.29 is 19.4 Å². The molecule has 0 radical (unpaired) electrons. The number of nitrogens with zero attached hydrogens (tertiary/aromatic N) is 3. The number of ether oxygens (including phenoxy) is 2. The number of aryl methyl sites for hydroxylation is 2. The minimum absolute atomic E-state index is 0.266. The maximum absolute atomic E-state index is 11.5. The quantitative estimate of drug-likeness (QED) is 0.863. The van der Waals surface area contributed by atoms with Gasteiger partial charge in [-0.15, -0.1) is 0 Å². The van der Waals surface area contributed by atoms with Crippen LogP contribution < -0.4 is 4.90 Å². The Morgan fingerprint density at radius 2 is 2.10 bits per heavy atom. The second-order valence-electron chi connectivity index (χ2n) is 5.35. The number of hydrogen-bond acceptors (Lipinski definition) is 5. The highest BCUT2D eigenvalue weighted by Gasteiger charge is 2.42. The summed E-state index contributed by atoms with van der Waals surface area (Å²) in [5, 5.41) is 13.6. The molecule has 2 saturated heterocycles. The predicted octanol–water partition coefficient (Wildman–Crippen LogP) is 0.770. The predicted molar refractivity (Wildman–Crippen MR) is 71.0 cm³/mol. The fraction of sp³-hybridized carbons (Fsp3) is 0.692. The van der Waals surface area contributed by atoms with Gasteiger partial charge < -0.3 is 19.5 Å². The van der Waals surface area contributed by atoms with E-state index in [1.165, 1.54) is 0 Å². The molecule has 2 aliphatic rings. The highest BCUT2D eigenvalue weighted by molar-refractivity contribution is 5.94. The number of carboxylic acids is 1. The van der Waals surface area contributed by atoms with Crippen LogP contribution >= 0.6 is 0 Å². The third-order valence-electron chi connectivity index (χ3n) is 3.94. The van der Waals surface area contributed by atoms with Crippen molar-refractivity contribution in [2.75, 3.05) is 31.2 Å². The molecule has 3 rings (SSSR count). The van der Waals surface area contributed by atoms with Crippen LogP contribution in [0.15, 0.2) is 0 Å². The van der Waals surface area contributed by atoms with E-state index in [4.69, 9.17) is 9.47 Å². The molecular formula is C13H19N3O4. The van der Waals surface area contributed by atoms with E-state index < -0.39 is 11.8 Å². The molecule has 1 aromatic heterocycles. The first-order valence-corrected chi connectivity index (χ1v) is 6.82. The summed E-state index contributed by atoms with van der Waals surface area (Å²) in [5.74, 6) is -0.890. The van der Waals surface area contributed by atoms with Gasteiger partial charge in [0.15, 0.2) is 5.79 Å². The zero-order chi connectivity index (χ0) is 14.3. The molecule has 20 heavy (non-hydrogen) atoms. The second kappa shape index (κ2) is 4.75. The van der Waals surface area contributed by atoms with Crippen molar-refractivity contribution in [3.63, 3.8) is 0 Å². The molecule has 0 unspecified atom stereocenters. The minimum atomic E-state index is -0.946. The summed E-state index contributed by atoms with van der Waals surface area (Å²) >= 11 is 0. The van der Waals surface area contributed by atoms with Gasteiger partial charge in [0.25, 0.3) is 0 Å². The summed E-state index contributed by atoms with van der Waals surface area (Å²) in [6, 6.07) is 0. The van der Waals surface area contributed by atoms with Crippen LogP contribution in [0, 0.1) is 6.92 Å². The van der Waals surface area contributed by atoms with Gasteiger partial charge in [-0.25, -0.2) is 4.79 Å². The lowest BCUT2D eigenvalue weighted by Crippen LogP contribution is -2.49. The summed E-state index contributed by atoms with van der Waals surface area (Å²) in [5.41, 5.74) is 0.797. The fourth-order valence-corrected chi connectivity index (χ4v) is 3.16. The zero-order valence-electron chi connectivity index (χ0n) is 11.8. The van der Waals surface area contributed by atoms with Crippen LogP contribution in [0.3, 0.4) is 0 Å². The average molecular weight is 281 g/mol. The summed E-state index contributed by atoms with van der Waals surface area (Å²) in [4.78, 5) is 13.5. The lowest BCUT2D eigenvalue weighted by atomic mass is 10.0. The molecule has 0 amide bonds. The molecule has 0 saturated carbocycles. The molecule has 1 N–H and O–H groups in total. The van der Waals surface area contributed by atoms with Gasteiger partial charge in [0, 0.05) is 20.0 Å². The maximum Gasteiger partial charge on any atom is 0.341 e. The van der Waals surface area contributed by atoms with Gasteiger partial charge in [0.05, 0.1) is 25.5 Å². The Bertz CT molecular complexity index is 534. The number of hydrogen-bond donors (Lipinski definition) is 1. The summed E-state index contributed by atoms with van der Waals surface area (Å²) in [7, 11) is 1.77. The van der Waals surface area contributed by atoms with E-state index in [9.17, 15) is 9.90 Å². The van der Waals surface area contributed by atoms with Crippen molar-refractivity contribution >= 4 is 11.8 Å². The molecule has 1 spiro atoms.